The van der Waals surface area contributed by atoms with Crippen LogP contribution in [0.15, 0.2) is 103 Å². The Bertz CT molecular complexity index is 2290. The first-order valence-corrected chi connectivity index (χ1v) is 18.2. The van der Waals surface area contributed by atoms with Crippen LogP contribution in [-0.4, -0.2) is 26.1 Å². The van der Waals surface area contributed by atoms with Crippen molar-refractivity contribution in [3.63, 3.8) is 0 Å². The number of fused-ring (bicyclic) bond motifs is 6. The fraction of sp³-hybridized carbons (Fsp3) is 0.200. The maximum Gasteiger partial charge on any atom is 0.346 e. The van der Waals surface area contributed by atoms with E-state index in [1.807, 2.05) is 29.1 Å². The molecule has 0 amide bonds. The predicted octanol–water partition coefficient (Wildman–Crippen LogP) is 11.2. The summed E-state index contributed by atoms with van der Waals surface area (Å²) in [5.41, 5.74) is 5.68. The Morgan fingerprint density at radius 3 is 2.04 bits per heavy atom. The predicted molar refractivity (Wildman–Crippen MR) is 203 cm³/mol. The molecule has 9 heteroatoms. The number of rotatable bonds is 12. The van der Waals surface area contributed by atoms with Gasteiger partial charge >= 0.3 is 5.97 Å². The Balaban J connectivity index is 1.34. The van der Waals surface area contributed by atoms with Crippen molar-refractivity contribution in [3.8, 4) is 16.5 Å². The smallest absolute Gasteiger partial charge is 0.346 e. The minimum atomic E-state index is -1.24. The van der Waals surface area contributed by atoms with Crippen molar-refractivity contribution in [2.24, 2.45) is 5.92 Å². The molecule has 1 atom stereocenters. The Labute approximate surface area is 293 Å². The van der Waals surface area contributed by atoms with Crippen LogP contribution >= 0.6 is 22.7 Å². The van der Waals surface area contributed by atoms with E-state index in [1.54, 1.807) is 11.3 Å². The number of benzene rings is 4. The molecule has 3 aromatic heterocycles. The summed E-state index contributed by atoms with van der Waals surface area (Å²) in [6, 6.07) is 35.3. The van der Waals surface area contributed by atoms with Gasteiger partial charge in [-0.1, -0.05) is 81.6 Å². The van der Waals surface area contributed by atoms with Gasteiger partial charge in [0.25, 0.3) is 0 Å². The van der Waals surface area contributed by atoms with Crippen LogP contribution in [0.25, 0.3) is 47.7 Å². The van der Waals surface area contributed by atoms with E-state index >= 15 is 0 Å². The van der Waals surface area contributed by atoms with Gasteiger partial charge in [-0.15, -0.1) is 22.7 Å². The third-order valence-electron chi connectivity index (χ3n) is 8.90. The molecule has 7 rings (SSSR count). The number of carboxylic acids is 1. The molecule has 0 saturated heterocycles. The van der Waals surface area contributed by atoms with Crippen LogP contribution in [0.5, 0.6) is 0 Å². The standard InChI is InChI=1S/C40H35N5O2S2/c1-3-5-12-26(4-2)25-44-42-36-33-22-32(21-28(24-41)40(46)47)48-38(33)39-34(37(36)43-44)23-35(49-39)27-17-19-31(20-18-27)45(29-13-8-6-9-14-29)30-15-10-7-11-16-30/h6-11,13-23,26H,3-5,12,25H2,1-2H3,(H,46,47)/b28-21-. The zero-order valence-corrected chi connectivity index (χ0v) is 29.0. The van der Waals surface area contributed by atoms with Gasteiger partial charge in [-0.3, -0.25) is 0 Å². The van der Waals surface area contributed by atoms with Crippen LogP contribution in [0.3, 0.4) is 0 Å². The maximum absolute atomic E-state index is 11.7. The first-order valence-electron chi connectivity index (χ1n) is 16.6. The molecule has 0 aliphatic rings. The lowest BCUT2D eigenvalue weighted by Gasteiger charge is -2.25. The second kappa shape index (κ2) is 14.0. The third-order valence-corrected chi connectivity index (χ3v) is 11.3. The third kappa shape index (κ3) is 6.45. The highest BCUT2D eigenvalue weighted by atomic mass is 32.1. The molecule has 0 saturated carbocycles. The van der Waals surface area contributed by atoms with Gasteiger partial charge < -0.3 is 10.0 Å². The fourth-order valence-electron chi connectivity index (χ4n) is 6.30. The lowest BCUT2D eigenvalue weighted by Crippen LogP contribution is -2.12. The van der Waals surface area contributed by atoms with Gasteiger partial charge in [0.05, 0.1) is 15.9 Å². The van der Waals surface area contributed by atoms with Crippen LogP contribution in [0, 0.1) is 17.2 Å². The monoisotopic (exact) mass is 681 g/mol. The molecule has 7 nitrogen and oxygen atoms in total. The molecule has 4 aromatic carbocycles. The molecular weight excluding hydrogens is 647 g/mol. The first-order chi connectivity index (χ1) is 24.0. The summed E-state index contributed by atoms with van der Waals surface area (Å²) in [7, 11) is 0. The Morgan fingerprint density at radius 1 is 0.878 bits per heavy atom. The number of hydrogen-bond acceptors (Lipinski definition) is 7. The van der Waals surface area contributed by atoms with Crippen LogP contribution in [0.1, 0.15) is 44.4 Å². The fourth-order valence-corrected chi connectivity index (χ4v) is 8.73. The number of anilines is 3. The molecule has 1 unspecified atom stereocenters. The van der Waals surface area contributed by atoms with Crippen molar-refractivity contribution in [2.45, 2.75) is 46.1 Å². The van der Waals surface area contributed by atoms with E-state index in [0.717, 1.165) is 84.5 Å². The highest BCUT2D eigenvalue weighted by Crippen LogP contribution is 2.46. The zero-order valence-electron chi connectivity index (χ0n) is 27.3. The molecule has 7 aromatic rings. The normalized spacial score (nSPS) is 12.5. The highest BCUT2D eigenvalue weighted by molar-refractivity contribution is 7.29. The quantitative estimate of drug-likeness (QED) is 0.102. The van der Waals surface area contributed by atoms with Crippen molar-refractivity contribution >= 4 is 83.0 Å². The zero-order chi connectivity index (χ0) is 33.9. The molecule has 0 aliphatic carbocycles. The second-order valence-corrected chi connectivity index (χ2v) is 14.3. The molecule has 0 bridgehead atoms. The SMILES string of the molecule is CCCCC(CC)Cn1nc2c3cc(/C=C(/C#N)C(=O)O)sc3c3sc(-c4ccc(N(c5ccccc5)c5ccccc5)cc4)cc3c2n1. The number of carbonyl (C=O) groups is 1. The van der Waals surface area contributed by atoms with Crippen LogP contribution in [-0.2, 0) is 11.3 Å². The Morgan fingerprint density at radius 2 is 1.47 bits per heavy atom. The molecule has 0 spiro atoms. The van der Waals surface area contributed by atoms with E-state index in [2.05, 4.69) is 97.6 Å². The lowest BCUT2D eigenvalue weighted by molar-refractivity contribution is -0.132. The van der Waals surface area contributed by atoms with Crippen molar-refractivity contribution < 1.29 is 9.90 Å². The maximum atomic E-state index is 11.7. The van der Waals surface area contributed by atoms with Gasteiger partial charge in [-0.2, -0.15) is 20.3 Å². The van der Waals surface area contributed by atoms with E-state index in [4.69, 9.17) is 10.2 Å². The number of thiophene rings is 2. The van der Waals surface area contributed by atoms with Gasteiger partial charge in [0.15, 0.2) is 0 Å². The summed E-state index contributed by atoms with van der Waals surface area (Å²) in [5.74, 6) is -0.746. The number of carboxylic acid groups (broad SMARTS) is 1. The van der Waals surface area contributed by atoms with Crippen molar-refractivity contribution in [3.05, 3.63) is 108 Å². The average molecular weight is 682 g/mol. The van der Waals surface area contributed by atoms with Crippen LogP contribution in [0.4, 0.5) is 17.1 Å². The number of nitrogens with zero attached hydrogens (tertiary/aromatic N) is 5. The Hall–Kier alpha value is -5.30. The van der Waals surface area contributed by atoms with E-state index in [9.17, 15) is 15.2 Å². The largest absolute Gasteiger partial charge is 0.477 e. The topological polar surface area (TPSA) is 95.0 Å². The van der Waals surface area contributed by atoms with Gasteiger partial charge in [-0.25, -0.2) is 4.79 Å². The van der Waals surface area contributed by atoms with E-state index in [1.165, 1.54) is 23.8 Å². The molecule has 244 valence electrons. The van der Waals surface area contributed by atoms with Gasteiger partial charge in [0.1, 0.15) is 22.7 Å². The Kier molecular flexibility index (Phi) is 9.25. The van der Waals surface area contributed by atoms with Gasteiger partial charge in [0.2, 0.25) is 0 Å². The lowest BCUT2D eigenvalue weighted by atomic mass is 10.00. The number of aromatic nitrogens is 3. The first kappa shape index (κ1) is 32.3. The summed E-state index contributed by atoms with van der Waals surface area (Å²) < 4.78 is 2.11. The second-order valence-electron chi connectivity index (χ2n) is 12.1. The minimum absolute atomic E-state index is 0.295. The van der Waals surface area contributed by atoms with Crippen LogP contribution < -0.4 is 4.90 Å². The van der Waals surface area contributed by atoms with E-state index in [-0.39, 0.29) is 5.57 Å². The molecule has 0 radical (unpaired) electrons. The summed E-state index contributed by atoms with van der Waals surface area (Å²) in [6.07, 6.45) is 5.99. The number of para-hydroxylation sites is 2. The summed E-state index contributed by atoms with van der Waals surface area (Å²) in [4.78, 5) is 17.6. The van der Waals surface area contributed by atoms with E-state index in [0.29, 0.717) is 10.8 Å². The number of unbranched alkanes of at least 4 members (excludes halogenated alkanes) is 1. The van der Waals surface area contributed by atoms with Crippen molar-refractivity contribution in [2.75, 3.05) is 4.90 Å². The molecule has 0 aliphatic heterocycles. The minimum Gasteiger partial charge on any atom is -0.477 e. The van der Waals surface area contributed by atoms with Gasteiger partial charge in [-0.05, 0) is 72.5 Å². The van der Waals surface area contributed by atoms with Crippen molar-refractivity contribution in [1.29, 1.82) is 5.26 Å². The molecular formula is C40H35N5O2S2. The van der Waals surface area contributed by atoms with Crippen molar-refractivity contribution in [1.82, 2.24) is 15.0 Å². The van der Waals surface area contributed by atoms with Gasteiger partial charge in [0, 0.05) is 37.6 Å². The highest BCUT2D eigenvalue weighted by Gasteiger charge is 2.21. The molecule has 3 heterocycles. The summed E-state index contributed by atoms with van der Waals surface area (Å²) in [6.45, 7) is 5.19. The number of nitriles is 1. The molecule has 1 N–H and O–H groups in total. The van der Waals surface area contributed by atoms with E-state index < -0.39 is 5.97 Å². The number of aliphatic carboxylic acids is 1. The average Bonchev–Trinajstić information content (AvgIpc) is 3.87. The van der Waals surface area contributed by atoms with Crippen LogP contribution in [0.2, 0.25) is 0 Å². The summed E-state index contributed by atoms with van der Waals surface area (Å²) >= 11 is 3.19. The summed E-state index contributed by atoms with van der Waals surface area (Å²) in [5, 5.41) is 31.0. The number of hydrogen-bond donors (Lipinski definition) is 1. The molecule has 49 heavy (non-hydrogen) atoms. The molecule has 0 fully saturated rings.